The predicted octanol–water partition coefficient (Wildman–Crippen LogP) is 5.75. The van der Waals surface area contributed by atoms with Gasteiger partial charge in [0.25, 0.3) is 0 Å². The molecule has 2 aromatic heterocycles. The highest BCUT2D eigenvalue weighted by atomic mass is 35.5. The van der Waals surface area contributed by atoms with Crippen molar-refractivity contribution in [2.24, 2.45) is 0 Å². The molecule has 5 rings (SSSR count). The van der Waals surface area contributed by atoms with E-state index in [1.807, 2.05) is 17.0 Å². The number of nitrogens with zero attached hydrogens (tertiary/aromatic N) is 6. The van der Waals surface area contributed by atoms with E-state index < -0.39 is 5.82 Å². The van der Waals surface area contributed by atoms with Gasteiger partial charge in [-0.05, 0) is 43.7 Å². The van der Waals surface area contributed by atoms with E-state index in [9.17, 15) is 5.26 Å². The monoisotopic (exact) mass is 517 g/mol. The van der Waals surface area contributed by atoms with E-state index in [1.165, 1.54) is 6.07 Å². The summed E-state index contributed by atoms with van der Waals surface area (Å²) in [6.07, 6.45) is 1.69. The molecule has 0 saturated heterocycles. The number of hydrogen-bond acceptors (Lipinski definition) is 7. The Morgan fingerprint density at radius 1 is 1.19 bits per heavy atom. The smallest absolute Gasteiger partial charge is 0.229 e. The highest BCUT2D eigenvalue weighted by Gasteiger charge is 2.40. The average molecular weight is 518 g/mol. The second-order valence-corrected chi connectivity index (χ2v) is 9.34. The van der Waals surface area contributed by atoms with Crippen LogP contribution in [0.3, 0.4) is 0 Å². The molecule has 0 fully saturated rings. The molecule has 10 heteroatoms. The fourth-order valence-electron chi connectivity index (χ4n) is 4.82. The molecule has 0 aliphatic carbocycles. The summed E-state index contributed by atoms with van der Waals surface area (Å²) in [6.45, 7) is 4.50. The van der Waals surface area contributed by atoms with Gasteiger partial charge >= 0.3 is 0 Å². The number of anilines is 2. The van der Waals surface area contributed by atoms with Crippen molar-refractivity contribution in [3.63, 3.8) is 0 Å². The number of rotatable bonds is 6. The molecule has 0 spiro atoms. The number of halogens is 2. The normalized spacial score (nSPS) is 14.5. The Balaban J connectivity index is 1.74. The van der Waals surface area contributed by atoms with Crippen LogP contribution in [0.1, 0.15) is 48.4 Å². The number of fused-ring (bicyclic) bond motifs is 1. The quantitative estimate of drug-likeness (QED) is 0.348. The van der Waals surface area contributed by atoms with Crippen molar-refractivity contribution in [3.05, 3.63) is 82.0 Å². The van der Waals surface area contributed by atoms with Crippen molar-refractivity contribution < 1.29 is 9.13 Å². The van der Waals surface area contributed by atoms with Crippen molar-refractivity contribution in [2.75, 3.05) is 24.4 Å². The molecule has 3 heterocycles. The number of ether oxygens (including phenoxy) is 1. The van der Waals surface area contributed by atoms with Gasteiger partial charge in [-0.15, -0.1) is 0 Å². The van der Waals surface area contributed by atoms with E-state index in [2.05, 4.69) is 39.8 Å². The SMILES string of the molecule is CNc1ncc(-c2nc3c(n2C(C)C)C(c2ccc(C#N)cc2)N(c2cccc(Cl)c2F)C3)c(OC)n1. The van der Waals surface area contributed by atoms with Gasteiger partial charge in [0, 0.05) is 19.3 Å². The van der Waals surface area contributed by atoms with Gasteiger partial charge in [-0.2, -0.15) is 10.2 Å². The van der Waals surface area contributed by atoms with E-state index in [1.54, 1.807) is 44.6 Å². The molecule has 0 saturated carbocycles. The summed E-state index contributed by atoms with van der Waals surface area (Å²) in [7, 11) is 3.30. The van der Waals surface area contributed by atoms with Gasteiger partial charge in [0.1, 0.15) is 5.82 Å². The average Bonchev–Trinajstić information content (AvgIpc) is 3.46. The molecule has 1 N–H and O–H groups in total. The molecule has 1 aliphatic rings. The van der Waals surface area contributed by atoms with E-state index in [4.69, 9.17) is 21.3 Å². The van der Waals surface area contributed by atoms with Crippen LogP contribution < -0.4 is 15.0 Å². The van der Waals surface area contributed by atoms with Gasteiger partial charge in [0.05, 0.1) is 59.0 Å². The first-order valence-corrected chi connectivity index (χ1v) is 12.2. The topological polar surface area (TPSA) is 91.9 Å². The van der Waals surface area contributed by atoms with Gasteiger partial charge in [-0.25, -0.2) is 14.4 Å². The third kappa shape index (κ3) is 4.13. The van der Waals surface area contributed by atoms with Crippen LogP contribution in [-0.2, 0) is 6.54 Å². The second kappa shape index (κ2) is 9.71. The number of methoxy groups -OCH3 is 1. The Labute approximate surface area is 219 Å². The van der Waals surface area contributed by atoms with Crippen molar-refractivity contribution in [1.82, 2.24) is 19.5 Å². The van der Waals surface area contributed by atoms with Crippen molar-refractivity contribution >= 4 is 23.2 Å². The molecule has 0 amide bonds. The van der Waals surface area contributed by atoms with Gasteiger partial charge in [0.2, 0.25) is 11.8 Å². The number of benzene rings is 2. The molecule has 0 radical (unpaired) electrons. The predicted molar refractivity (Wildman–Crippen MR) is 140 cm³/mol. The first-order valence-electron chi connectivity index (χ1n) is 11.8. The number of aromatic nitrogens is 4. The van der Waals surface area contributed by atoms with Gasteiger partial charge in [0.15, 0.2) is 5.82 Å². The first kappa shape index (κ1) is 24.5. The summed E-state index contributed by atoms with van der Waals surface area (Å²) in [5.74, 6) is 1.03. The third-order valence-corrected chi connectivity index (χ3v) is 6.73. The lowest BCUT2D eigenvalue weighted by Gasteiger charge is -2.30. The lowest BCUT2D eigenvalue weighted by Crippen LogP contribution is -2.26. The minimum absolute atomic E-state index is 0.00460. The molecule has 2 aromatic carbocycles. The maximum atomic E-state index is 15.3. The summed E-state index contributed by atoms with van der Waals surface area (Å²) in [5, 5.41) is 12.3. The Hall–Kier alpha value is -4.16. The molecule has 4 aromatic rings. The maximum absolute atomic E-state index is 15.3. The molecular formula is C27H25ClFN7O. The van der Waals surface area contributed by atoms with Crippen LogP contribution in [0.15, 0.2) is 48.7 Å². The van der Waals surface area contributed by atoms with Crippen molar-refractivity contribution in [1.29, 1.82) is 5.26 Å². The zero-order chi connectivity index (χ0) is 26.3. The molecule has 1 aliphatic heterocycles. The lowest BCUT2D eigenvalue weighted by molar-refractivity contribution is 0.398. The summed E-state index contributed by atoms with van der Waals surface area (Å²) >= 11 is 6.16. The van der Waals surface area contributed by atoms with Gasteiger partial charge in [-0.1, -0.05) is 29.8 Å². The zero-order valence-electron chi connectivity index (χ0n) is 20.8. The molecule has 188 valence electrons. The number of imidazole rings is 1. The maximum Gasteiger partial charge on any atom is 0.229 e. The Morgan fingerprint density at radius 2 is 1.95 bits per heavy atom. The summed E-state index contributed by atoms with van der Waals surface area (Å²) < 4.78 is 23.0. The van der Waals surface area contributed by atoms with E-state index in [0.29, 0.717) is 41.0 Å². The van der Waals surface area contributed by atoms with Crippen LogP contribution in [0, 0.1) is 17.1 Å². The molecule has 37 heavy (non-hydrogen) atoms. The lowest BCUT2D eigenvalue weighted by atomic mass is 10.0. The minimum Gasteiger partial charge on any atom is -0.480 e. The van der Waals surface area contributed by atoms with Crippen LogP contribution in [0.25, 0.3) is 11.4 Å². The van der Waals surface area contributed by atoms with Crippen LogP contribution in [-0.4, -0.2) is 33.7 Å². The Bertz CT molecular complexity index is 1510. The standard InChI is InChI=1S/C27H25ClFN7O/c1-15(2)36-24-20(33-25(36)18-13-32-27(31-3)34-26(18)37-4)14-35(21-7-5-6-19(28)22(21)29)23(24)17-10-8-16(12-30)9-11-17/h5-11,13,15,23H,14H2,1-4H3,(H,31,32,34). The van der Waals surface area contributed by atoms with Crippen molar-refractivity contribution in [3.8, 4) is 23.3 Å². The number of nitrogens with one attached hydrogen (secondary N) is 1. The van der Waals surface area contributed by atoms with E-state index in [-0.39, 0.29) is 17.1 Å². The molecule has 1 atom stereocenters. The van der Waals surface area contributed by atoms with E-state index >= 15 is 4.39 Å². The number of hydrogen-bond donors (Lipinski definition) is 1. The summed E-state index contributed by atoms with van der Waals surface area (Å²) in [5.41, 5.74) is 4.22. The van der Waals surface area contributed by atoms with Crippen LogP contribution in [0.4, 0.5) is 16.0 Å². The minimum atomic E-state index is -0.484. The van der Waals surface area contributed by atoms with Crippen LogP contribution in [0.5, 0.6) is 5.88 Å². The highest BCUT2D eigenvalue weighted by molar-refractivity contribution is 6.31. The second-order valence-electron chi connectivity index (χ2n) is 8.93. The number of nitriles is 1. The Morgan fingerprint density at radius 3 is 2.59 bits per heavy atom. The molecule has 1 unspecified atom stereocenters. The van der Waals surface area contributed by atoms with Gasteiger partial charge in [-0.3, -0.25) is 0 Å². The highest BCUT2D eigenvalue weighted by Crippen LogP contribution is 2.46. The van der Waals surface area contributed by atoms with Crippen LogP contribution in [0.2, 0.25) is 5.02 Å². The Kier molecular flexibility index (Phi) is 6.44. The fraction of sp³-hybridized carbons (Fsp3) is 0.259. The fourth-order valence-corrected chi connectivity index (χ4v) is 4.99. The summed E-state index contributed by atoms with van der Waals surface area (Å²) in [4.78, 5) is 15.8. The third-order valence-electron chi connectivity index (χ3n) is 6.44. The van der Waals surface area contributed by atoms with E-state index in [0.717, 1.165) is 17.0 Å². The molecule has 0 bridgehead atoms. The molecule has 8 nitrogen and oxygen atoms in total. The first-order chi connectivity index (χ1) is 17.9. The zero-order valence-corrected chi connectivity index (χ0v) is 21.6. The van der Waals surface area contributed by atoms with Crippen LogP contribution >= 0.6 is 11.6 Å². The largest absolute Gasteiger partial charge is 0.480 e. The van der Waals surface area contributed by atoms with Gasteiger partial charge < -0.3 is 19.5 Å². The molecular weight excluding hydrogens is 493 g/mol. The van der Waals surface area contributed by atoms with Crippen molar-refractivity contribution in [2.45, 2.75) is 32.5 Å². The summed E-state index contributed by atoms with van der Waals surface area (Å²) in [6, 6.07) is 14.1.